The lowest BCUT2D eigenvalue weighted by Gasteiger charge is -2.72. The summed E-state index contributed by atoms with van der Waals surface area (Å²) in [6, 6.07) is 11.6. The van der Waals surface area contributed by atoms with Crippen molar-refractivity contribution in [3.63, 3.8) is 0 Å². The molecule has 0 amide bonds. The van der Waals surface area contributed by atoms with Crippen molar-refractivity contribution in [1.29, 1.82) is 0 Å². The van der Waals surface area contributed by atoms with Gasteiger partial charge in [0.05, 0.1) is 5.41 Å². The first-order valence-corrected chi connectivity index (χ1v) is 18.2. The minimum Gasteiger partial charge on any atom is -0.481 e. The second-order valence-corrected chi connectivity index (χ2v) is 18.2. The molecule has 4 unspecified atom stereocenters. The Labute approximate surface area is 267 Å². The quantitative estimate of drug-likeness (QED) is 0.381. The molecule has 3 nitrogen and oxygen atoms in total. The zero-order chi connectivity index (χ0) is 31.6. The lowest BCUT2D eigenvalue weighted by molar-refractivity contribution is -0.230. The zero-order valence-electron chi connectivity index (χ0n) is 29.2. The number of aliphatic carboxylic acids is 1. The highest BCUT2D eigenvalue weighted by Gasteiger charge is 2.72. The molecule has 0 bridgehead atoms. The molecule has 0 spiro atoms. The standard InChI is InChI=1S/C41H59NO2/c1-25(2)28-17-20-41(36(43)44)22-21-39(8)31(34(28)41)15-16-33-38(7)23-29-30(27-13-11-10-12-14-27)24-42(26(3)4)35(29)37(5,6)32(38)18-19-40(33,39)9/h10-14,24-26,28,31-34H,15-23H2,1-9H3,(H,43,44)/t28-,31?,32?,33?,34?,38-,39+,40+,41-/m0/s1. The lowest BCUT2D eigenvalue weighted by Crippen LogP contribution is -2.67. The molecule has 1 aromatic heterocycles. The molecule has 3 heteroatoms. The molecule has 44 heavy (non-hydrogen) atoms. The number of hydrogen-bond acceptors (Lipinski definition) is 1. The molecule has 1 N–H and O–H groups in total. The van der Waals surface area contributed by atoms with Crippen molar-refractivity contribution in [2.75, 3.05) is 0 Å². The van der Waals surface area contributed by atoms with Crippen molar-refractivity contribution < 1.29 is 9.90 Å². The smallest absolute Gasteiger partial charge is 0.309 e. The van der Waals surface area contributed by atoms with Gasteiger partial charge in [0.25, 0.3) is 0 Å². The fourth-order valence-electron chi connectivity index (χ4n) is 13.8. The molecule has 1 aromatic carbocycles. The van der Waals surface area contributed by atoms with Crippen LogP contribution in [0.15, 0.2) is 36.5 Å². The number of carboxylic acid groups (broad SMARTS) is 1. The van der Waals surface area contributed by atoms with Gasteiger partial charge >= 0.3 is 5.97 Å². The maximum atomic E-state index is 13.1. The third-order valence-corrected chi connectivity index (χ3v) is 15.8. The summed E-state index contributed by atoms with van der Waals surface area (Å²) < 4.78 is 2.63. The van der Waals surface area contributed by atoms with E-state index in [1.807, 2.05) is 0 Å². The van der Waals surface area contributed by atoms with Crippen LogP contribution in [0.25, 0.3) is 11.1 Å². The van der Waals surface area contributed by atoms with Crippen LogP contribution in [-0.4, -0.2) is 15.6 Å². The molecular weight excluding hydrogens is 538 g/mol. The molecule has 5 aliphatic carbocycles. The maximum absolute atomic E-state index is 13.1. The maximum Gasteiger partial charge on any atom is 0.309 e. The van der Waals surface area contributed by atoms with Crippen molar-refractivity contribution in [1.82, 2.24) is 4.57 Å². The number of benzene rings is 1. The summed E-state index contributed by atoms with van der Waals surface area (Å²) in [6.07, 6.45) is 12.7. The number of carboxylic acids is 1. The first kappa shape index (κ1) is 30.6. The highest BCUT2D eigenvalue weighted by Crippen LogP contribution is 2.77. The Morgan fingerprint density at radius 1 is 0.841 bits per heavy atom. The van der Waals surface area contributed by atoms with Crippen LogP contribution >= 0.6 is 0 Å². The molecule has 4 fully saturated rings. The van der Waals surface area contributed by atoms with Gasteiger partial charge in [0, 0.05) is 28.9 Å². The van der Waals surface area contributed by atoms with Gasteiger partial charge in [-0.1, -0.05) is 78.8 Å². The molecule has 7 rings (SSSR count). The van der Waals surface area contributed by atoms with Gasteiger partial charge in [-0.2, -0.15) is 0 Å². The van der Waals surface area contributed by atoms with Crippen LogP contribution < -0.4 is 0 Å². The number of aromatic nitrogens is 1. The number of carbonyl (C=O) groups is 1. The van der Waals surface area contributed by atoms with Crippen LogP contribution in [0.4, 0.5) is 0 Å². The van der Waals surface area contributed by atoms with E-state index in [9.17, 15) is 9.90 Å². The summed E-state index contributed by atoms with van der Waals surface area (Å²) in [5.41, 5.74) is 6.25. The lowest BCUT2D eigenvalue weighted by atomic mass is 9.32. The molecule has 1 heterocycles. The van der Waals surface area contributed by atoms with Crippen molar-refractivity contribution in [2.24, 2.45) is 57.2 Å². The third kappa shape index (κ3) is 3.71. The molecule has 0 radical (unpaired) electrons. The predicted octanol–water partition coefficient (Wildman–Crippen LogP) is 10.6. The SMILES string of the molecule is CC(C)[C@@H]1CC[C@]2(C(=O)O)CC[C@]3(C)C(CCC4[C@@]5(C)Cc6c(-c7ccccc7)cn(C(C)C)c6C(C)(C)C5CC[C@]43C)C12. The number of nitrogens with zero attached hydrogens (tertiary/aromatic N) is 1. The average molecular weight is 598 g/mol. The van der Waals surface area contributed by atoms with E-state index in [-0.39, 0.29) is 21.7 Å². The van der Waals surface area contributed by atoms with Crippen LogP contribution in [0.1, 0.15) is 131 Å². The monoisotopic (exact) mass is 597 g/mol. The Kier molecular flexibility index (Phi) is 6.78. The van der Waals surface area contributed by atoms with Gasteiger partial charge in [-0.15, -0.1) is 0 Å². The van der Waals surface area contributed by atoms with Gasteiger partial charge in [0.1, 0.15) is 0 Å². The van der Waals surface area contributed by atoms with E-state index in [1.165, 1.54) is 43.2 Å². The zero-order valence-corrected chi connectivity index (χ0v) is 29.2. The molecule has 5 aliphatic rings. The molecule has 0 saturated heterocycles. The van der Waals surface area contributed by atoms with Crippen LogP contribution in [-0.2, 0) is 16.6 Å². The van der Waals surface area contributed by atoms with E-state index >= 15 is 0 Å². The van der Waals surface area contributed by atoms with Crippen LogP contribution in [0.2, 0.25) is 0 Å². The summed E-state index contributed by atoms with van der Waals surface area (Å²) in [5, 5.41) is 10.8. The van der Waals surface area contributed by atoms with Gasteiger partial charge in [0.15, 0.2) is 0 Å². The largest absolute Gasteiger partial charge is 0.481 e. The summed E-state index contributed by atoms with van der Waals surface area (Å²) in [4.78, 5) is 13.1. The Hall–Kier alpha value is -2.03. The normalized spacial score (nSPS) is 42.3. The second-order valence-electron chi connectivity index (χ2n) is 18.2. The average Bonchev–Trinajstić information content (AvgIpc) is 3.54. The molecular formula is C41H59NO2. The molecule has 240 valence electrons. The summed E-state index contributed by atoms with van der Waals surface area (Å²) >= 11 is 0. The van der Waals surface area contributed by atoms with Crippen LogP contribution in [0.5, 0.6) is 0 Å². The number of fused-ring (bicyclic) bond motifs is 8. The summed E-state index contributed by atoms with van der Waals surface area (Å²) in [7, 11) is 0. The van der Waals surface area contributed by atoms with E-state index in [2.05, 4.69) is 103 Å². The van der Waals surface area contributed by atoms with Crippen molar-refractivity contribution in [2.45, 2.75) is 132 Å². The minimum absolute atomic E-state index is 0.0952. The van der Waals surface area contributed by atoms with Crippen molar-refractivity contribution in [3.05, 3.63) is 47.8 Å². The Morgan fingerprint density at radius 3 is 2.18 bits per heavy atom. The van der Waals surface area contributed by atoms with Crippen LogP contribution in [0.3, 0.4) is 0 Å². The van der Waals surface area contributed by atoms with E-state index in [4.69, 9.17) is 0 Å². The van der Waals surface area contributed by atoms with Gasteiger partial charge in [-0.05, 0) is 135 Å². The van der Waals surface area contributed by atoms with Crippen molar-refractivity contribution in [3.8, 4) is 11.1 Å². The molecule has 4 saturated carbocycles. The second kappa shape index (κ2) is 9.74. The summed E-state index contributed by atoms with van der Waals surface area (Å²) in [6.45, 7) is 22.6. The third-order valence-electron chi connectivity index (χ3n) is 15.8. The van der Waals surface area contributed by atoms with Crippen LogP contribution in [0, 0.1) is 57.2 Å². The molecule has 2 aromatic rings. The first-order chi connectivity index (χ1) is 20.6. The Balaban J connectivity index is 1.34. The van der Waals surface area contributed by atoms with Gasteiger partial charge in [0.2, 0.25) is 0 Å². The number of hydrogen-bond donors (Lipinski definition) is 1. The first-order valence-electron chi connectivity index (χ1n) is 18.2. The highest BCUT2D eigenvalue weighted by atomic mass is 16.4. The van der Waals surface area contributed by atoms with Gasteiger partial charge in [-0.25, -0.2) is 0 Å². The van der Waals surface area contributed by atoms with Gasteiger partial charge in [-0.3, -0.25) is 4.79 Å². The fraction of sp³-hybridized carbons (Fsp3) is 0.732. The topological polar surface area (TPSA) is 42.2 Å². The molecule has 0 aliphatic heterocycles. The van der Waals surface area contributed by atoms with E-state index in [1.54, 1.807) is 11.3 Å². The minimum atomic E-state index is -0.491. The summed E-state index contributed by atoms with van der Waals surface area (Å²) in [5.74, 6) is 2.78. The Bertz CT molecular complexity index is 1450. The Morgan fingerprint density at radius 2 is 1.55 bits per heavy atom. The highest BCUT2D eigenvalue weighted by molar-refractivity contribution is 5.76. The van der Waals surface area contributed by atoms with Crippen molar-refractivity contribution >= 4 is 5.97 Å². The fourth-order valence-corrected chi connectivity index (χ4v) is 13.8. The van der Waals surface area contributed by atoms with E-state index in [0.717, 1.165) is 25.7 Å². The van der Waals surface area contributed by atoms with E-state index < -0.39 is 11.4 Å². The number of rotatable bonds is 4. The van der Waals surface area contributed by atoms with E-state index in [0.29, 0.717) is 41.5 Å². The molecule has 9 atom stereocenters. The predicted molar refractivity (Wildman–Crippen MR) is 181 cm³/mol. The van der Waals surface area contributed by atoms with Gasteiger partial charge < -0.3 is 9.67 Å².